The van der Waals surface area contributed by atoms with Gasteiger partial charge in [-0.15, -0.1) is 17.9 Å². The highest BCUT2D eigenvalue weighted by atomic mass is 33.1. The highest BCUT2D eigenvalue weighted by Gasteiger charge is 2.07. The van der Waals surface area contributed by atoms with Crippen molar-refractivity contribution in [2.24, 2.45) is 0 Å². The molecule has 54 valence electrons. The Morgan fingerprint density at radius 1 is 1.56 bits per heavy atom. The molecule has 0 nitrogen and oxygen atoms in total. The molecule has 0 aromatic carbocycles. The molecular weight excluding hydrogens is 261 g/mol. The van der Waals surface area contributed by atoms with Gasteiger partial charge in [0.2, 0.25) is 0 Å². The van der Waals surface area contributed by atoms with Gasteiger partial charge in [0, 0.05) is 14.0 Å². The van der Waals surface area contributed by atoms with E-state index in [0.717, 1.165) is 16.2 Å². The van der Waals surface area contributed by atoms with Crippen LogP contribution in [0.5, 0.6) is 0 Å². The van der Waals surface area contributed by atoms with Crippen molar-refractivity contribution in [3.63, 3.8) is 0 Å². The molecule has 8 heteroatoms. The Labute approximate surface area is 73.5 Å². The van der Waals surface area contributed by atoms with Crippen molar-refractivity contribution in [3.8, 4) is 0 Å². The lowest BCUT2D eigenvalue weighted by molar-refractivity contribution is 2.51. The third-order valence-electron chi connectivity index (χ3n) is 0.508. The van der Waals surface area contributed by atoms with Gasteiger partial charge < -0.3 is 0 Å². The molecular formula is CH9P7S. The summed E-state index contributed by atoms with van der Waals surface area (Å²) in [6, 6.07) is 0. The Morgan fingerprint density at radius 3 is 2.22 bits per heavy atom. The van der Waals surface area contributed by atoms with Crippen molar-refractivity contribution in [3.05, 3.63) is 0 Å². The van der Waals surface area contributed by atoms with Gasteiger partial charge in [0.25, 0.3) is 0 Å². The molecule has 5 unspecified atom stereocenters. The minimum Gasteiger partial charge on any atom is -0.102 e. The van der Waals surface area contributed by atoms with Crippen LogP contribution in [0.1, 0.15) is 0 Å². The molecule has 0 saturated heterocycles. The van der Waals surface area contributed by atoms with Gasteiger partial charge in [-0.3, -0.25) is 0 Å². The normalized spacial score (nSPS) is 17.3. The molecule has 0 aromatic heterocycles. The van der Waals surface area contributed by atoms with Crippen molar-refractivity contribution >= 4 is 66.9 Å². The van der Waals surface area contributed by atoms with Crippen LogP contribution < -0.4 is 0 Å². The summed E-state index contributed by atoms with van der Waals surface area (Å²) < 4.78 is 0. The third-order valence-corrected chi connectivity index (χ3v) is 35.1. The van der Waals surface area contributed by atoms with Gasteiger partial charge in [0.05, 0.1) is 0 Å². The Balaban J connectivity index is 3.54. The fraction of sp³-hybridized carbons (Fsp3) is 1.00. The first-order chi connectivity index (χ1) is 4.22. The minimum atomic E-state index is 0.131. The fourth-order valence-electron chi connectivity index (χ4n) is 0.220. The summed E-state index contributed by atoms with van der Waals surface area (Å²) >= 11 is 5.02. The van der Waals surface area contributed by atoms with Crippen molar-refractivity contribution in [1.29, 1.82) is 0 Å². The topological polar surface area (TPSA) is 0 Å². The lowest BCUT2D eigenvalue weighted by atomic mass is 12.0. The van der Waals surface area contributed by atoms with Crippen molar-refractivity contribution in [2.45, 2.75) is 0 Å². The summed E-state index contributed by atoms with van der Waals surface area (Å²) in [5, 5.41) is 0. The number of hydrogen-bond acceptors (Lipinski definition) is 1. The smallest absolute Gasteiger partial charge is 0.0175 e. The van der Waals surface area contributed by atoms with Gasteiger partial charge in [-0.05, 0) is 13.7 Å². The minimum absolute atomic E-state index is 0.131. The maximum Gasteiger partial charge on any atom is 0.0175 e. The van der Waals surface area contributed by atoms with E-state index < -0.39 is 0 Å². The zero-order valence-electron chi connectivity index (χ0n) is 4.90. The first kappa shape index (κ1) is 12.1. The van der Waals surface area contributed by atoms with E-state index in [2.05, 4.69) is 24.5 Å². The molecule has 0 aliphatic carbocycles. The number of rotatable bonds is 4. The molecule has 0 amide bonds. The van der Waals surface area contributed by atoms with E-state index in [4.69, 9.17) is 11.8 Å². The SMILES string of the molecule is CPPP(P=S)P(P)P. The van der Waals surface area contributed by atoms with Crippen LogP contribution in [0.3, 0.4) is 0 Å². The Kier molecular flexibility index (Phi) is 10.4. The molecule has 0 fully saturated rings. The van der Waals surface area contributed by atoms with Crippen LogP contribution >= 0.6 is 55.1 Å². The average molecular weight is 270 g/mol. The van der Waals surface area contributed by atoms with Crippen LogP contribution in [0.25, 0.3) is 0 Å². The first-order valence-electron chi connectivity index (χ1n) is 2.07. The number of hydrogen-bond donors (Lipinski definition) is 0. The summed E-state index contributed by atoms with van der Waals surface area (Å²) in [5.74, 6) is 0. The summed E-state index contributed by atoms with van der Waals surface area (Å²) in [6.07, 6.45) is 0. The maximum absolute atomic E-state index is 5.02. The molecule has 0 heterocycles. The van der Waals surface area contributed by atoms with E-state index in [1.807, 2.05) is 0 Å². The van der Waals surface area contributed by atoms with Gasteiger partial charge in [-0.1, -0.05) is 28.0 Å². The molecule has 0 radical (unpaired) electrons. The van der Waals surface area contributed by atoms with Gasteiger partial charge in [-0.2, -0.15) is 0 Å². The quantitative estimate of drug-likeness (QED) is 0.673. The van der Waals surface area contributed by atoms with Gasteiger partial charge >= 0.3 is 0 Å². The van der Waals surface area contributed by atoms with Crippen LogP contribution in [0.4, 0.5) is 0 Å². The molecule has 0 N–H and O–H groups in total. The molecule has 0 saturated carbocycles. The van der Waals surface area contributed by atoms with E-state index in [1.165, 1.54) is 7.04 Å². The maximum atomic E-state index is 5.02. The van der Waals surface area contributed by atoms with Crippen molar-refractivity contribution in [1.82, 2.24) is 0 Å². The largest absolute Gasteiger partial charge is 0.102 e. The Morgan fingerprint density at radius 2 is 2.11 bits per heavy atom. The van der Waals surface area contributed by atoms with E-state index in [9.17, 15) is 0 Å². The molecule has 0 rings (SSSR count). The zero-order valence-corrected chi connectivity index (χ0v) is 12.7. The van der Waals surface area contributed by atoms with Crippen LogP contribution in [0, 0.1) is 0 Å². The highest BCUT2D eigenvalue weighted by Crippen LogP contribution is 2.94. The van der Waals surface area contributed by atoms with Gasteiger partial charge in [-0.25, -0.2) is 0 Å². The molecule has 9 heavy (non-hydrogen) atoms. The summed E-state index contributed by atoms with van der Waals surface area (Å²) in [4.78, 5) is 0. The molecule has 0 spiro atoms. The van der Waals surface area contributed by atoms with E-state index in [-0.39, 0.29) is 14.0 Å². The third kappa shape index (κ3) is 6.28. The highest BCUT2D eigenvalue weighted by molar-refractivity contribution is 9.01. The van der Waals surface area contributed by atoms with E-state index >= 15 is 0 Å². The van der Waals surface area contributed by atoms with Crippen LogP contribution in [-0.4, -0.2) is 6.66 Å². The lowest BCUT2D eigenvalue weighted by Crippen LogP contribution is -1.28. The van der Waals surface area contributed by atoms with Crippen LogP contribution in [0.2, 0.25) is 0 Å². The summed E-state index contributed by atoms with van der Waals surface area (Å²) in [7, 11) is 9.26. The van der Waals surface area contributed by atoms with Crippen molar-refractivity contribution in [2.75, 3.05) is 6.66 Å². The standard InChI is InChI=1S/CH9P7S/c1-4-5-8(6-9)7(2)3/h4-5H,2-3H2,1H3. The second-order valence-electron chi connectivity index (χ2n) is 1.11. The van der Waals surface area contributed by atoms with Crippen molar-refractivity contribution < 1.29 is 0 Å². The van der Waals surface area contributed by atoms with Crippen LogP contribution in [-0.2, 0) is 11.8 Å². The van der Waals surface area contributed by atoms with E-state index in [1.54, 1.807) is 0 Å². The zero-order chi connectivity index (χ0) is 7.28. The molecule has 0 aliphatic heterocycles. The lowest BCUT2D eigenvalue weighted by Gasteiger charge is -2.12. The predicted molar refractivity (Wildman–Crippen MR) is 70.1 cm³/mol. The molecule has 0 bridgehead atoms. The Hall–Kier alpha value is 3.10. The van der Waals surface area contributed by atoms with Gasteiger partial charge in [0.15, 0.2) is 0 Å². The second kappa shape index (κ2) is 7.73. The van der Waals surface area contributed by atoms with E-state index in [0.29, 0.717) is 0 Å². The average Bonchev–Trinajstić information content (AvgIpc) is 1.82. The predicted octanol–water partition coefficient (Wildman–Crippen LogP) is 4.59. The summed E-state index contributed by atoms with van der Waals surface area (Å²) in [5.41, 5.74) is 0. The molecule has 5 atom stereocenters. The first-order valence-corrected chi connectivity index (χ1v) is 15.7. The Bertz CT molecular complexity index is 81.0. The van der Waals surface area contributed by atoms with Gasteiger partial charge in [0.1, 0.15) is 0 Å². The second-order valence-corrected chi connectivity index (χ2v) is 25.5. The molecule has 0 aromatic rings. The molecule has 0 aliphatic rings. The monoisotopic (exact) mass is 270 g/mol. The van der Waals surface area contributed by atoms with Crippen LogP contribution in [0.15, 0.2) is 0 Å². The fourth-order valence-corrected chi connectivity index (χ4v) is 37.3. The summed E-state index contributed by atoms with van der Waals surface area (Å²) in [6.45, 7) is 2.60.